The standard InChI is InChI=1S/C9H12N4O4/c1-5(9(14)17-2)11-8-6(13(15)16)3-4-7(10)12-8/h3-5H,1-2H3,(H3,10,11,12). The zero-order valence-corrected chi connectivity index (χ0v) is 9.34. The van der Waals surface area contributed by atoms with Crippen LogP contribution in [0.15, 0.2) is 12.1 Å². The number of ether oxygens (including phenoxy) is 1. The summed E-state index contributed by atoms with van der Waals surface area (Å²) in [4.78, 5) is 25.0. The Hall–Kier alpha value is -2.38. The predicted octanol–water partition coefficient (Wildman–Crippen LogP) is 0.545. The molecule has 1 unspecified atom stereocenters. The monoisotopic (exact) mass is 240 g/mol. The molecule has 0 fully saturated rings. The number of nitro groups is 1. The van der Waals surface area contributed by atoms with Gasteiger partial charge in [0.15, 0.2) is 0 Å². The largest absolute Gasteiger partial charge is 0.467 e. The van der Waals surface area contributed by atoms with Crippen molar-refractivity contribution < 1.29 is 14.5 Å². The van der Waals surface area contributed by atoms with Gasteiger partial charge in [0.25, 0.3) is 0 Å². The Bertz CT molecular complexity index is 449. The van der Waals surface area contributed by atoms with Gasteiger partial charge >= 0.3 is 11.7 Å². The highest BCUT2D eigenvalue weighted by molar-refractivity contribution is 5.79. The lowest BCUT2D eigenvalue weighted by molar-refractivity contribution is -0.384. The minimum Gasteiger partial charge on any atom is -0.467 e. The zero-order chi connectivity index (χ0) is 13.0. The number of nitrogens with two attached hydrogens (primary N) is 1. The van der Waals surface area contributed by atoms with Crippen LogP contribution in [-0.2, 0) is 9.53 Å². The summed E-state index contributed by atoms with van der Waals surface area (Å²) in [7, 11) is 1.22. The Morgan fingerprint density at radius 2 is 2.29 bits per heavy atom. The number of aromatic nitrogens is 1. The number of anilines is 2. The Morgan fingerprint density at radius 1 is 1.65 bits per heavy atom. The normalized spacial score (nSPS) is 11.6. The minimum atomic E-state index is -0.756. The molecular weight excluding hydrogens is 228 g/mol. The summed E-state index contributed by atoms with van der Waals surface area (Å²) in [6.07, 6.45) is 0. The molecule has 17 heavy (non-hydrogen) atoms. The smallest absolute Gasteiger partial charge is 0.328 e. The minimum absolute atomic E-state index is 0.0621. The van der Waals surface area contributed by atoms with Gasteiger partial charge in [0.2, 0.25) is 5.82 Å². The topological polar surface area (TPSA) is 120 Å². The van der Waals surface area contributed by atoms with Crippen LogP contribution in [0.2, 0.25) is 0 Å². The molecule has 0 aromatic carbocycles. The fourth-order valence-electron chi connectivity index (χ4n) is 1.16. The molecule has 8 heteroatoms. The van der Waals surface area contributed by atoms with Gasteiger partial charge in [0.05, 0.1) is 12.0 Å². The highest BCUT2D eigenvalue weighted by Crippen LogP contribution is 2.23. The number of carbonyl (C=O) groups excluding carboxylic acids is 1. The van der Waals surface area contributed by atoms with Crippen LogP contribution in [0.1, 0.15) is 6.92 Å². The molecule has 0 aliphatic carbocycles. The van der Waals surface area contributed by atoms with Crippen LogP contribution >= 0.6 is 0 Å². The first-order valence-electron chi connectivity index (χ1n) is 4.71. The van der Waals surface area contributed by atoms with E-state index in [-0.39, 0.29) is 17.3 Å². The van der Waals surface area contributed by atoms with Crippen molar-refractivity contribution in [3.8, 4) is 0 Å². The van der Waals surface area contributed by atoms with Crippen LogP contribution in [0.3, 0.4) is 0 Å². The fourth-order valence-corrected chi connectivity index (χ4v) is 1.16. The average Bonchev–Trinajstić information content (AvgIpc) is 2.27. The Balaban J connectivity index is 3.00. The van der Waals surface area contributed by atoms with Crippen LogP contribution in [0.25, 0.3) is 0 Å². The van der Waals surface area contributed by atoms with E-state index in [2.05, 4.69) is 15.0 Å². The van der Waals surface area contributed by atoms with Crippen molar-refractivity contribution in [2.75, 3.05) is 18.2 Å². The summed E-state index contributed by atoms with van der Waals surface area (Å²) in [6, 6.07) is 1.77. The third-order valence-electron chi connectivity index (χ3n) is 2.00. The van der Waals surface area contributed by atoms with Crippen molar-refractivity contribution in [2.45, 2.75) is 13.0 Å². The summed E-state index contributed by atoms with van der Waals surface area (Å²) in [5.41, 5.74) is 5.17. The first-order valence-corrected chi connectivity index (χ1v) is 4.71. The van der Waals surface area contributed by atoms with Crippen LogP contribution in [0.5, 0.6) is 0 Å². The molecule has 0 radical (unpaired) electrons. The molecule has 8 nitrogen and oxygen atoms in total. The van der Waals surface area contributed by atoms with Crippen LogP contribution in [0.4, 0.5) is 17.3 Å². The van der Waals surface area contributed by atoms with E-state index in [0.29, 0.717) is 0 Å². The SMILES string of the molecule is COC(=O)C(C)Nc1nc(N)ccc1[N+](=O)[O-]. The summed E-state index contributed by atoms with van der Waals surface area (Å²) in [5.74, 6) is -0.494. The lowest BCUT2D eigenvalue weighted by atomic mass is 10.3. The number of methoxy groups -OCH3 is 1. The van der Waals surface area contributed by atoms with E-state index < -0.39 is 16.9 Å². The molecule has 0 aliphatic rings. The van der Waals surface area contributed by atoms with Gasteiger partial charge in [0, 0.05) is 6.07 Å². The van der Waals surface area contributed by atoms with Gasteiger partial charge < -0.3 is 15.8 Å². The zero-order valence-electron chi connectivity index (χ0n) is 9.34. The van der Waals surface area contributed by atoms with Crippen molar-refractivity contribution >= 4 is 23.3 Å². The van der Waals surface area contributed by atoms with Gasteiger partial charge in [0.1, 0.15) is 11.9 Å². The molecular formula is C9H12N4O4. The van der Waals surface area contributed by atoms with E-state index in [1.54, 1.807) is 0 Å². The van der Waals surface area contributed by atoms with E-state index in [1.807, 2.05) is 0 Å². The molecule has 1 atom stereocenters. The van der Waals surface area contributed by atoms with Crippen LogP contribution < -0.4 is 11.1 Å². The molecule has 1 heterocycles. The molecule has 0 aliphatic heterocycles. The molecule has 0 saturated heterocycles. The van der Waals surface area contributed by atoms with Crippen LogP contribution in [-0.4, -0.2) is 29.0 Å². The number of carbonyl (C=O) groups is 1. The van der Waals surface area contributed by atoms with Gasteiger partial charge in [-0.05, 0) is 13.0 Å². The van der Waals surface area contributed by atoms with Gasteiger partial charge in [-0.2, -0.15) is 0 Å². The molecule has 0 amide bonds. The number of nitrogen functional groups attached to an aromatic ring is 1. The maximum absolute atomic E-state index is 11.2. The molecule has 92 valence electrons. The van der Waals surface area contributed by atoms with E-state index in [4.69, 9.17) is 5.73 Å². The number of pyridine rings is 1. The summed E-state index contributed by atoms with van der Waals surface area (Å²) in [5, 5.41) is 13.3. The number of rotatable bonds is 4. The first-order chi connectivity index (χ1) is 7.95. The third-order valence-corrected chi connectivity index (χ3v) is 2.00. The number of esters is 1. The highest BCUT2D eigenvalue weighted by Gasteiger charge is 2.20. The first kappa shape index (κ1) is 12.7. The van der Waals surface area contributed by atoms with Gasteiger partial charge in [-0.15, -0.1) is 0 Å². The van der Waals surface area contributed by atoms with Gasteiger partial charge in [-0.1, -0.05) is 0 Å². The fraction of sp³-hybridized carbons (Fsp3) is 0.333. The van der Waals surface area contributed by atoms with E-state index >= 15 is 0 Å². The number of nitrogens with zero attached hydrogens (tertiary/aromatic N) is 2. The van der Waals surface area contributed by atoms with Gasteiger partial charge in [-0.3, -0.25) is 10.1 Å². The third kappa shape index (κ3) is 3.03. The second kappa shape index (κ2) is 5.10. The molecule has 0 spiro atoms. The maximum atomic E-state index is 11.2. The van der Waals surface area contributed by atoms with Crippen molar-refractivity contribution in [1.82, 2.24) is 4.98 Å². The van der Waals surface area contributed by atoms with E-state index in [9.17, 15) is 14.9 Å². The molecule has 1 rings (SSSR count). The number of hydrogen-bond donors (Lipinski definition) is 2. The van der Waals surface area contributed by atoms with Crippen molar-refractivity contribution in [2.24, 2.45) is 0 Å². The number of hydrogen-bond acceptors (Lipinski definition) is 7. The predicted molar refractivity (Wildman–Crippen MR) is 60.4 cm³/mol. The second-order valence-corrected chi connectivity index (χ2v) is 3.25. The molecule has 1 aromatic rings. The highest BCUT2D eigenvalue weighted by atomic mass is 16.6. The Kier molecular flexibility index (Phi) is 3.81. The van der Waals surface area contributed by atoms with Crippen molar-refractivity contribution in [3.63, 3.8) is 0 Å². The quantitative estimate of drug-likeness (QED) is 0.447. The van der Waals surface area contributed by atoms with E-state index in [1.165, 1.54) is 26.2 Å². The lowest BCUT2D eigenvalue weighted by Crippen LogP contribution is -2.28. The summed E-state index contributed by atoms with van der Waals surface area (Å²) < 4.78 is 4.48. The number of nitrogens with one attached hydrogen (secondary N) is 1. The Labute approximate surface area is 96.9 Å². The molecule has 1 aromatic heterocycles. The Morgan fingerprint density at radius 3 is 2.82 bits per heavy atom. The lowest BCUT2D eigenvalue weighted by Gasteiger charge is -2.12. The molecule has 0 bridgehead atoms. The molecule has 3 N–H and O–H groups in total. The van der Waals surface area contributed by atoms with Crippen LogP contribution in [0, 0.1) is 10.1 Å². The van der Waals surface area contributed by atoms with E-state index in [0.717, 1.165) is 0 Å². The second-order valence-electron chi connectivity index (χ2n) is 3.25. The van der Waals surface area contributed by atoms with Crippen molar-refractivity contribution in [1.29, 1.82) is 0 Å². The van der Waals surface area contributed by atoms with Crippen molar-refractivity contribution in [3.05, 3.63) is 22.2 Å². The maximum Gasteiger partial charge on any atom is 0.328 e. The summed E-state index contributed by atoms with van der Waals surface area (Å²) >= 11 is 0. The van der Waals surface area contributed by atoms with Gasteiger partial charge in [-0.25, -0.2) is 9.78 Å². The summed E-state index contributed by atoms with van der Waals surface area (Å²) in [6.45, 7) is 1.50. The average molecular weight is 240 g/mol. The molecule has 0 saturated carbocycles.